The Morgan fingerprint density at radius 3 is 2.10 bits per heavy atom. The average Bonchev–Trinajstić information content (AvgIpc) is 2.72. The Kier molecular flexibility index (Phi) is 7.74. The zero-order valence-corrected chi connectivity index (χ0v) is 18.5. The standard InChI is InChI=1S/C24H25F2N3OS/c1-15-9-11-19(12-10-15)22(18-7-5-4-6-8-18)29-21(30)14-13-20-16(2)27-24(28-17(20)3)31-23(25)26/h4-12,22-23H,13-14H2,1-3H3,(H,29,30)/t22-/m0/s1. The van der Waals surface area contributed by atoms with Crippen molar-refractivity contribution in [3.8, 4) is 0 Å². The maximum absolute atomic E-state index is 12.8. The smallest absolute Gasteiger partial charge is 0.291 e. The van der Waals surface area contributed by atoms with Crippen molar-refractivity contribution in [2.45, 2.75) is 50.6 Å². The second-order valence-electron chi connectivity index (χ2n) is 7.36. The van der Waals surface area contributed by atoms with E-state index in [0.717, 1.165) is 22.3 Å². The topological polar surface area (TPSA) is 54.9 Å². The Morgan fingerprint density at radius 2 is 1.52 bits per heavy atom. The van der Waals surface area contributed by atoms with Crippen LogP contribution in [0.5, 0.6) is 0 Å². The molecule has 1 aromatic heterocycles. The largest absolute Gasteiger partial charge is 0.345 e. The molecule has 162 valence electrons. The van der Waals surface area contributed by atoms with Crippen LogP contribution in [0.15, 0.2) is 59.8 Å². The summed E-state index contributed by atoms with van der Waals surface area (Å²) < 4.78 is 25.2. The van der Waals surface area contributed by atoms with Gasteiger partial charge in [0.05, 0.1) is 6.04 Å². The number of thioether (sulfide) groups is 1. The molecule has 0 bridgehead atoms. The van der Waals surface area contributed by atoms with Gasteiger partial charge in [0.25, 0.3) is 5.76 Å². The summed E-state index contributed by atoms with van der Waals surface area (Å²) in [6.07, 6.45) is 0.695. The number of nitrogens with zero attached hydrogens (tertiary/aromatic N) is 2. The van der Waals surface area contributed by atoms with E-state index in [4.69, 9.17) is 0 Å². The molecule has 0 radical (unpaired) electrons. The number of nitrogens with one attached hydrogen (secondary N) is 1. The third kappa shape index (κ3) is 6.34. The number of carbonyl (C=O) groups is 1. The minimum absolute atomic E-state index is 0.0571. The normalized spacial score (nSPS) is 12.1. The Labute approximate surface area is 185 Å². The molecule has 3 aromatic rings. The van der Waals surface area contributed by atoms with Crippen LogP contribution >= 0.6 is 11.8 Å². The first kappa shape index (κ1) is 22.9. The predicted octanol–water partition coefficient (Wildman–Crippen LogP) is 5.55. The van der Waals surface area contributed by atoms with E-state index >= 15 is 0 Å². The number of rotatable bonds is 8. The molecule has 2 aromatic carbocycles. The van der Waals surface area contributed by atoms with E-state index in [1.807, 2.05) is 61.5 Å². The average molecular weight is 442 g/mol. The number of amides is 1. The number of aromatic nitrogens is 2. The Balaban J connectivity index is 1.72. The first-order valence-corrected chi connectivity index (χ1v) is 10.9. The zero-order valence-electron chi connectivity index (χ0n) is 17.7. The van der Waals surface area contributed by atoms with Crippen LogP contribution in [-0.2, 0) is 11.2 Å². The van der Waals surface area contributed by atoms with E-state index in [-0.39, 0.29) is 23.5 Å². The molecule has 0 aliphatic carbocycles. The lowest BCUT2D eigenvalue weighted by Crippen LogP contribution is -2.29. The van der Waals surface area contributed by atoms with Crippen LogP contribution in [0.25, 0.3) is 0 Å². The molecule has 0 fully saturated rings. The molecule has 1 heterocycles. The van der Waals surface area contributed by atoms with Crippen LogP contribution < -0.4 is 5.32 Å². The number of hydrogen-bond donors (Lipinski definition) is 1. The van der Waals surface area contributed by atoms with Crippen molar-refractivity contribution in [3.05, 3.63) is 88.2 Å². The summed E-state index contributed by atoms with van der Waals surface area (Å²) in [5.41, 5.74) is 5.24. The molecule has 7 heteroatoms. The van der Waals surface area contributed by atoms with Crippen LogP contribution in [0.1, 0.15) is 46.1 Å². The Morgan fingerprint density at radius 1 is 0.935 bits per heavy atom. The van der Waals surface area contributed by atoms with Gasteiger partial charge in [-0.1, -0.05) is 60.2 Å². The van der Waals surface area contributed by atoms with Crippen LogP contribution in [-0.4, -0.2) is 21.6 Å². The van der Waals surface area contributed by atoms with E-state index in [1.165, 1.54) is 0 Å². The molecule has 1 atom stereocenters. The van der Waals surface area contributed by atoms with Crippen LogP contribution in [0.4, 0.5) is 8.78 Å². The summed E-state index contributed by atoms with van der Waals surface area (Å²) in [7, 11) is 0. The van der Waals surface area contributed by atoms with Gasteiger partial charge < -0.3 is 5.32 Å². The fourth-order valence-corrected chi connectivity index (χ4v) is 3.98. The molecule has 1 amide bonds. The molecule has 0 aliphatic rings. The van der Waals surface area contributed by atoms with Crippen LogP contribution in [0, 0.1) is 20.8 Å². The van der Waals surface area contributed by atoms with Gasteiger partial charge in [-0.05, 0) is 55.6 Å². The maximum atomic E-state index is 12.8. The summed E-state index contributed by atoms with van der Waals surface area (Å²) in [6.45, 7) is 5.55. The summed E-state index contributed by atoms with van der Waals surface area (Å²) >= 11 is 0.330. The number of aryl methyl sites for hydroxylation is 3. The maximum Gasteiger partial charge on any atom is 0.291 e. The van der Waals surface area contributed by atoms with Gasteiger partial charge in [-0.25, -0.2) is 9.97 Å². The molecule has 0 spiro atoms. The second kappa shape index (κ2) is 10.5. The summed E-state index contributed by atoms with van der Waals surface area (Å²) in [6, 6.07) is 17.7. The minimum Gasteiger partial charge on any atom is -0.345 e. The van der Waals surface area contributed by atoms with Gasteiger partial charge in [-0.15, -0.1) is 0 Å². The molecule has 0 aliphatic heterocycles. The molecular formula is C24H25F2N3OS. The van der Waals surface area contributed by atoms with E-state index in [1.54, 1.807) is 13.8 Å². The lowest BCUT2D eigenvalue weighted by atomic mass is 9.97. The van der Waals surface area contributed by atoms with Crippen LogP contribution in [0.2, 0.25) is 0 Å². The van der Waals surface area contributed by atoms with E-state index in [9.17, 15) is 13.6 Å². The highest BCUT2D eigenvalue weighted by atomic mass is 32.2. The van der Waals surface area contributed by atoms with Gasteiger partial charge in [0.15, 0.2) is 5.16 Å². The quantitative estimate of drug-likeness (QED) is 0.368. The van der Waals surface area contributed by atoms with Gasteiger partial charge in [0.2, 0.25) is 5.91 Å². The predicted molar refractivity (Wildman–Crippen MR) is 119 cm³/mol. The molecule has 4 nitrogen and oxygen atoms in total. The van der Waals surface area contributed by atoms with E-state index in [0.29, 0.717) is 29.6 Å². The minimum atomic E-state index is -2.56. The summed E-state index contributed by atoms with van der Waals surface area (Å²) in [4.78, 5) is 21.1. The van der Waals surface area contributed by atoms with Crippen molar-refractivity contribution in [1.29, 1.82) is 0 Å². The molecule has 0 unspecified atom stereocenters. The fourth-order valence-electron chi connectivity index (χ4n) is 3.44. The molecule has 0 saturated carbocycles. The first-order chi connectivity index (χ1) is 14.8. The van der Waals surface area contributed by atoms with Crippen molar-refractivity contribution in [1.82, 2.24) is 15.3 Å². The highest BCUT2D eigenvalue weighted by Crippen LogP contribution is 2.25. The van der Waals surface area contributed by atoms with Gasteiger partial charge in [0, 0.05) is 17.8 Å². The van der Waals surface area contributed by atoms with E-state index in [2.05, 4.69) is 15.3 Å². The molecule has 1 N–H and O–H groups in total. The van der Waals surface area contributed by atoms with Gasteiger partial charge in [-0.2, -0.15) is 8.78 Å². The number of benzene rings is 2. The van der Waals surface area contributed by atoms with E-state index < -0.39 is 5.76 Å². The second-order valence-corrected chi connectivity index (χ2v) is 8.31. The zero-order chi connectivity index (χ0) is 22.4. The summed E-state index contributed by atoms with van der Waals surface area (Å²) in [5, 5.41) is 3.19. The lowest BCUT2D eigenvalue weighted by molar-refractivity contribution is -0.121. The highest BCUT2D eigenvalue weighted by Gasteiger charge is 2.18. The van der Waals surface area contributed by atoms with Gasteiger partial charge in [0.1, 0.15) is 0 Å². The number of carbonyl (C=O) groups excluding carboxylic acids is 1. The van der Waals surface area contributed by atoms with Gasteiger partial charge >= 0.3 is 0 Å². The molecule has 0 saturated heterocycles. The first-order valence-electron chi connectivity index (χ1n) is 10.0. The van der Waals surface area contributed by atoms with Crippen molar-refractivity contribution in [2.75, 3.05) is 0 Å². The fraction of sp³-hybridized carbons (Fsp3) is 0.292. The van der Waals surface area contributed by atoms with Crippen molar-refractivity contribution < 1.29 is 13.6 Å². The van der Waals surface area contributed by atoms with Crippen LogP contribution in [0.3, 0.4) is 0 Å². The van der Waals surface area contributed by atoms with Gasteiger partial charge in [-0.3, -0.25) is 4.79 Å². The number of halogens is 2. The monoisotopic (exact) mass is 441 g/mol. The molecule has 3 rings (SSSR count). The third-order valence-corrected chi connectivity index (χ3v) is 5.62. The summed E-state index contributed by atoms with van der Waals surface area (Å²) in [5.74, 6) is -2.66. The van der Waals surface area contributed by atoms with Crippen molar-refractivity contribution >= 4 is 17.7 Å². The number of hydrogen-bond acceptors (Lipinski definition) is 4. The Bertz CT molecular complexity index is 1000. The van der Waals surface area contributed by atoms with Crippen molar-refractivity contribution in [2.24, 2.45) is 0 Å². The molecule has 31 heavy (non-hydrogen) atoms. The highest BCUT2D eigenvalue weighted by molar-refractivity contribution is 7.99. The third-order valence-electron chi connectivity index (χ3n) is 5.05. The Hall–Kier alpha value is -2.80. The van der Waals surface area contributed by atoms with Crippen molar-refractivity contribution in [3.63, 3.8) is 0 Å². The lowest BCUT2D eigenvalue weighted by Gasteiger charge is -2.20. The SMILES string of the molecule is Cc1ccc([C@@H](NC(=O)CCc2c(C)nc(SC(F)F)nc2C)c2ccccc2)cc1. The molecular weight excluding hydrogens is 416 g/mol. The number of alkyl halides is 2.